The van der Waals surface area contributed by atoms with Crippen LogP contribution in [0.2, 0.25) is 0 Å². The highest BCUT2D eigenvalue weighted by Crippen LogP contribution is 2.14. The third-order valence-electron chi connectivity index (χ3n) is 2.82. The lowest BCUT2D eigenvalue weighted by Crippen LogP contribution is -2.16. The van der Waals surface area contributed by atoms with E-state index in [-0.39, 0.29) is 0 Å². The van der Waals surface area contributed by atoms with Crippen LogP contribution in [0.5, 0.6) is 0 Å². The molecule has 0 saturated heterocycles. The maximum Gasteiger partial charge on any atom is 0.0346 e. The number of rotatable bonds is 6. The minimum absolute atomic E-state index is 0.679. The van der Waals surface area contributed by atoms with Crippen molar-refractivity contribution in [1.29, 1.82) is 0 Å². The summed E-state index contributed by atoms with van der Waals surface area (Å²) >= 11 is 0. The van der Waals surface area contributed by atoms with Crippen LogP contribution in [0.15, 0.2) is 36.7 Å². The number of hydrogen-bond donors (Lipinski definition) is 1. The first-order chi connectivity index (χ1) is 8.75. The standard InChI is InChI=1S/C14H18N2OS/c1-18(17)8-2-6-15-10-12-3-4-14-11-16-7-5-13(14)9-12/h3-5,7,9,11,15H,2,6,8,10H2,1H3. The van der Waals surface area contributed by atoms with Gasteiger partial charge >= 0.3 is 0 Å². The van der Waals surface area contributed by atoms with E-state index in [0.29, 0.717) is 0 Å². The summed E-state index contributed by atoms with van der Waals surface area (Å²) in [6.45, 7) is 1.77. The Labute approximate surface area is 110 Å². The van der Waals surface area contributed by atoms with Crippen molar-refractivity contribution in [3.8, 4) is 0 Å². The Morgan fingerprint density at radius 2 is 2.17 bits per heavy atom. The number of hydrogen-bond acceptors (Lipinski definition) is 3. The largest absolute Gasteiger partial charge is 0.313 e. The van der Waals surface area contributed by atoms with E-state index >= 15 is 0 Å². The summed E-state index contributed by atoms with van der Waals surface area (Å²) in [6.07, 6.45) is 6.40. The van der Waals surface area contributed by atoms with Crippen molar-refractivity contribution in [2.75, 3.05) is 18.6 Å². The van der Waals surface area contributed by atoms with Crippen molar-refractivity contribution in [3.05, 3.63) is 42.2 Å². The zero-order chi connectivity index (χ0) is 12.8. The van der Waals surface area contributed by atoms with Crippen LogP contribution < -0.4 is 5.32 Å². The number of aromatic nitrogens is 1. The van der Waals surface area contributed by atoms with E-state index in [9.17, 15) is 4.21 Å². The van der Waals surface area contributed by atoms with Crippen LogP contribution in [0.3, 0.4) is 0 Å². The number of nitrogens with zero attached hydrogens (tertiary/aromatic N) is 1. The van der Waals surface area contributed by atoms with Crippen molar-refractivity contribution in [2.24, 2.45) is 0 Å². The number of benzene rings is 1. The summed E-state index contributed by atoms with van der Waals surface area (Å²) in [7, 11) is -0.679. The fourth-order valence-electron chi connectivity index (χ4n) is 1.88. The Bertz CT molecular complexity index is 542. The smallest absolute Gasteiger partial charge is 0.0346 e. The molecule has 0 radical (unpaired) electrons. The summed E-state index contributed by atoms with van der Waals surface area (Å²) < 4.78 is 10.9. The quantitative estimate of drug-likeness (QED) is 0.811. The lowest BCUT2D eigenvalue weighted by Gasteiger charge is -2.05. The van der Waals surface area contributed by atoms with Gasteiger partial charge in [-0.25, -0.2) is 0 Å². The van der Waals surface area contributed by atoms with Crippen LogP contribution in [0.25, 0.3) is 10.8 Å². The third kappa shape index (κ3) is 3.89. The molecule has 0 aliphatic rings. The molecular formula is C14H18N2OS. The second kappa shape index (κ2) is 6.61. The first-order valence-electron chi connectivity index (χ1n) is 6.09. The molecule has 1 aromatic carbocycles. The highest BCUT2D eigenvalue weighted by Gasteiger charge is 1.97. The molecular weight excluding hydrogens is 244 g/mol. The second-order valence-electron chi connectivity index (χ2n) is 4.36. The molecule has 0 aliphatic heterocycles. The van der Waals surface area contributed by atoms with Gasteiger partial charge in [0.2, 0.25) is 0 Å². The summed E-state index contributed by atoms with van der Waals surface area (Å²) in [5.41, 5.74) is 1.27. The lowest BCUT2D eigenvalue weighted by molar-refractivity contribution is 0.662. The molecule has 1 heterocycles. The predicted octanol–water partition coefficient (Wildman–Crippen LogP) is 2.09. The normalized spacial score (nSPS) is 12.7. The van der Waals surface area contributed by atoms with Crippen molar-refractivity contribution >= 4 is 21.6 Å². The fourth-order valence-corrected chi connectivity index (χ4v) is 2.43. The van der Waals surface area contributed by atoms with Gasteiger partial charge in [-0.05, 0) is 36.0 Å². The Morgan fingerprint density at radius 3 is 3.00 bits per heavy atom. The second-order valence-corrected chi connectivity index (χ2v) is 5.92. The molecule has 0 saturated carbocycles. The molecule has 0 aliphatic carbocycles. The van der Waals surface area contributed by atoms with Crippen LogP contribution in [-0.2, 0) is 17.3 Å². The summed E-state index contributed by atoms with van der Waals surface area (Å²) in [4.78, 5) is 4.10. The SMILES string of the molecule is CS(=O)CCCNCc1ccc2cnccc2c1. The topological polar surface area (TPSA) is 42.0 Å². The molecule has 1 unspecified atom stereocenters. The van der Waals surface area contributed by atoms with Gasteiger partial charge in [-0.2, -0.15) is 0 Å². The molecule has 96 valence electrons. The first kappa shape index (κ1) is 13.2. The van der Waals surface area contributed by atoms with Gasteiger partial charge in [0.05, 0.1) is 0 Å². The molecule has 0 fully saturated rings. The van der Waals surface area contributed by atoms with E-state index in [1.54, 1.807) is 6.26 Å². The number of nitrogens with one attached hydrogen (secondary N) is 1. The van der Waals surface area contributed by atoms with Crippen LogP contribution >= 0.6 is 0 Å². The summed E-state index contributed by atoms with van der Waals surface area (Å²) in [6, 6.07) is 8.43. The van der Waals surface area contributed by atoms with Crippen LogP contribution in [0, 0.1) is 0 Å². The van der Waals surface area contributed by atoms with Gasteiger partial charge in [0.1, 0.15) is 0 Å². The average molecular weight is 262 g/mol. The molecule has 18 heavy (non-hydrogen) atoms. The van der Waals surface area contributed by atoms with E-state index in [4.69, 9.17) is 0 Å². The van der Waals surface area contributed by atoms with Crippen LogP contribution in [0.1, 0.15) is 12.0 Å². The number of pyridine rings is 1. The highest BCUT2D eigenvalue weighted by atomic mass is 32.2. The average Bonchev–Trinajstić information content (AvgIpc) is 2.38. The molecule has 1 aromatic heterocycles. The predicted molar refractivity (Wildman–Crippen MR) is 77.0 cm³/mol. The Balaban J connectivity index is 1.86. The molecule has 2 rings (SSSR count). The van der Waals surface area contributed by atoms with Crippen molar-refractivity contribution < 1.29 is 4.21 Å². The monoisotopic (exact) mass is 262 g/mol. The third-order valence-corrected chi connectivity index (χ3v) is 3.68. The van der Waals surface area contributed by atoms with Crippen molar-refractivity contribution in [1.82, 2.24) is 10.3 Å². The molecule has 1 atom stereocenters. The Kier molecular flexibility index (Phi) is 4.84. The Morgan fingerprint density at radius 1 is 1.28 bits per heavy atom. The molecule has 2 aromatic rings. The maximum absolute atomic E-state index is 10.9. The van der Waals surface area contributed by atoms with E-state index in [1.165, 1.54) is 16.3 Å². The minimum atomic E-state index is -0.679. The Hall–Kier alpha value is -1.26. The molecule has 0 amide bonds. The molecule has 4 heteroatoms. The lowest BCUT2D eigenvalue weighted by atomic mass is 10.1. The van der Waals surface area contributed by atoms with Gasteiger partial charge in [-0.1, -0.05) is 12.1 Å². The molecule has 1 N–H and O–H groups in total. The van der Waals surface area contributed by atoms with Crippen molar-refractivity contribution in [2.45, 2.75) is 13.0 Å². The molecule has 0 bridgehead atoms. The zero-order valence-electron chi connectivity index (χ0n) is 10.6. The van der Waals surface area contributed by atoms with E-state index in [0.717, 1.165) is 25.3 Å². The van der Waals surface area contributed by atoms with Crippen LogP contribution in [0.4, 0.5) is 0 Å². The van der Waals surface area contributed by atoms with Gasteiger partial charge in [0.15, 0.2) is 0 Å². The van der Waals surface area contributed by atoms with Gasteiger partial charge in [-0.3, -0.25) is 9.19 Å². The summed E-state index contributed by atoms with van der Waals surface area (Å²) in [5.74, 6) is 0.774. The van der Waals surface area contributed by atoms with E-state index in [1.807, 2.05) is 18.5 Å². The minimum Gasteiger partial charge on any atom is -0.313 e. The number of fused-ring (bicyclic) bond motifs is 1. The highest BCUT2D eigenvalue weighted by molar-refractivity contribution is 7.84. The molecule has 3 nitrogen and oxygen atoms in total. The zero-order valence-corrected chi connectivity index (χ0v) is 11.4. The first-order valence-corrected chi connectivity index (χ1v) is 7.82. The fraction of sp³-hybridized carbons (Fsp3) is 0.357. The maximum atomic E-state index is 10.9. The summed E-state index contributed by atoms with van der Waals surface area (Å²) in [5, 5.41) is 5.76. The molecule has 0 spiro atoms. The van der Waals surface area contributed by atoms with Gasteiger partial charge in [-0.15, -0.1) is 0 Å². The van der Waals surface area contributed by atoms with Crippen molar-refractivity contribution in [3.63, 3.8) is 0 Å². The van der Waals surface area contributed by atoms with Crippen LogP contribution in [-0.4, -0.2) is 27.7 Å². The van der Waals surface area contributed by atoms with E-state index < -0.39 is 10.8 Å². The van der Waals surface area contributed by atoms with Gasteiger partial charge < -0.3 is 5.32 Å². The van der Waals surface area contributed by atoms with E-state index in [2.05, 4.69) is 28.5 Å². The van der Waals surface area contributed by atoms with Gasteiger partial charge in [0.25, 0.3) is 0 Å². The van der Waals surface area contributed by atoms with Gasteiger partial charge in [0, 0.05) is 47.1 Å².